The molecular weight excluding hydrogens is 208 g/mol. The topological polar surface area (TPSA) is 60.4 Å². The molecule has 0 heterocycles. The van der Waals surface area contributed by atoms with Crippen molar-refractivity contribution < 1.29 is 19.1 Å². The van der Waals surface area contributed by atoms with E-state index in [1.165, 1.54) is 38.3 Å². The molecule has 4 nitrogen and oxygen atoms in total. The summed E-state index contributed by atoms with van der Waals surface area (Å²) in [5.41, 5.74) is 0.796. The van der Waals surface area contributed by atoms with Crippen LogP contribution in [0.1, 0.15) is 34.1 Å². The van der Waals surface area contributed by atoms with Crippen molar-refractivity contribution in [3.8, 4) is 0 Å². The van der Waals surface area contributed by atoms with E-state index in [-0.39, 0.29) is 18.0 Å². The fourth-order valence-corrected chi connectivity index (χ4v) is 1.24. The minimum absolute atomic E-state index is 0.114. The lowest BCUT2D eigenvalue weighted by Gasteiger charge is -2.01. The van der Waals surface area contributed by atoms with E-state index in [0.29, 0.717) is 11.1 Å². The zero-order valence-corrected chi connectivity index (χ0v) is 9.15. The van der Waals surface area contributed by atoms with Crippen LogP contribution >= 0.6 is 0 Å². The highest BCUT2D eigenvalue weighted by atomic mass is 16.5. The van der Waals surface area contributed by atoms with Gasteiger partial charge < -0.3 is 4.74 Å². The van der Waals surface area contributed by atoms with E-state index in [4.69, 9.17) is 0 Å². The molecule has 1 aromatic rings. The number of ketones is 2. The molecule has 0 atom stereocenters. The molecule has 1 aromatic carbocycles. The molecule has 0 N–H and O–H groups in total. The summed E-state index contributed by atoms with van der Waals surface area (Å²) < 4.78 is 4.52. The molecule has 0 aliphatic carbocycles. The first kappa shape index (κ1) is 12.1. The Hall–Kier alpha value is -1.97. The van der Waals surface area contributed by atoms with Crippen molar-refractivity contribution in [2.75, 3.05) is 7.11 Å². The molecule has 1 rings (SSSR count). The Bertz CT molecular complexity index is 417. The molecular formula is C12H12O4. The number of carbonyl (C=O) groups is 3. The Labute approximate surface area is 93.2 Å². The fraction of sp³-hybridized carbons (Fsp3) is 0.250. The van der Waals surface area contributed by atoms with Gasteiger partial charge in [-0.2, -0.15) is 0 Å². The largest absolute Gasteiger partial charge is 0.465 e. The fourth-order valence-electron chi connectivity index (χ4n) is 1.24. The van der Waals surface area contributed by atoms with Crippen molar-refractivity contribution in [1.29, 1.82) is 0 Å². The number of carbonyl (C=O) groups excluding carboxylic acids is 3. The molecule has 84 valence electrons. The minimum atomic E-state index is -0.453. The molecule has 16 heavy (non-hydrogen) atoms. The SMILES string of the molecule is COC(=O)c1ccc(C(=O)CC(C)=O)cc1. The highest BCUT2D eigenvalue weighted by molar-refractivity contribution is 6.07. The number of esters is 1. The molecule has 0 saturated heterocycles. The molecule has 0 amide bonds. The number of methoxy groups -OCH3 is 1. The third-order valence-corrected chi connectivity index (χ3v) is 2.04. The van der Waals surface area contributed by atoms with Gasteiger partial charge in [-0.05, 0) is 19.1 Å². The maximum atomic E-state index is 11.5. The zero-order chi connectivity index (χ0) is 12.1. The first-order chi connectivity index (χ1) is 7.54. The van der Waals surface area contributed by atoms with E-state index in [0.717, 1.165) is 0 Å². The van der Waals surface area contributed by atoms with Crippen molar-refractivity contribution in [3.63, 3.8) is 0 Å². The van der Waals surface area contributed by atoms with Gasteiger partial charge in [-0.3, -0.25) is 9.59 Å². The maximum absolute atomic E-state index is 11.5. The van der Waals surface area contributed by atoms with Crippen LogP contribution in [0, 0.1) is 0 Å². The first-order valence-corrected chi connectivity index (χ1v) is 4.75. The lowest BCUT2D eigenvalue weighted by atomic mass is 10.0. The van der Waals surface area contributed by atoms with Crippen LogP contribution in [-0.4, -0.2) is 24.6 Å². The van der Waals surface area contributed by atoms with Crippen LogP contribution in [-0.2, 0) is 9.53 Å². The molecule has 0 fully saturated rings. The number of rotatable bonds is 4. The van der Waals surface area contributed by atoms with Gasteiger partial charge in [-0.25, -0.2) is 4.79 Å². The van der Waals surface area contributed by atoms with E-state index < -0.39 is 5.97 Å². The van der Waals surface area contributed by atoms with Gasteiger partial charge >= 0.3 is 5.97 Å². The van der Waals surface area contributed by atoms with Gasteiger partial charge in [0.15, 0.2) is 5.78 Å². The summed E-state index contributed by atoms with van der Waals surface area (Å²) in [5, 5.41) is 0. The molecule has 4 heteroatoms. The van der Waals surface area contributed by atoms with Gasteiger partial charge in [-0.1, -0.05) is 12.1 Å². The van der Waals surface area contributed by atoms with Gasteiger partial charge in [0.05, 0.1) is 19.1 Å². The molecule has 0 aliphatic heterocycles. The molecule has 0 bridgehead atoms. The number of Topliss-reactive ketones (excluding diaryl/α,β-unsaturated/α-hetero) is 2. The Morgan fingerprint density at radius 3 is 2.00 bits per heavy atom. The molecule has 0 saturated carbocycles. The van der Waals surface area contributed by atoms with Gasteiger partial charge in [0, 0.05) is 5.56 Å². The monoisotopic (exact) mass is 220 g/mol. The Balaban J connectivity index is 2.82. The van der Waals surface area contributed by atoms with E-state index in [1.54, 1.807) is 0 Å². The highest BCUT2D eigenvalue weighted by Crippen LogP contribution is 2.08. The van der Waals surface area contributed by atoms with E-state index in [2.05, 4.69) is 4.74 Å². The second kappa shape index (κ2) is 5.21. The second-order valence-electron chi connectivity index (χ2n) is 3.37. The molecule has 0 radical (unpaired) electrons. The quantitative estimate of drug-likeness (QED) is 0.439. The Kier molecular flexibility index (Phi) is 3.94. The number of benzene rings is 1. The number of ether oxygens (including phenoxy) is 1. The minimum Gasteiger partial charge on any atom is -0.465 e. The second-order valence-corrected chi connectivity index (χ2v) is 3.37. The van der Waals surface area contributed by atoms with Crippen LogP contribution in [0.4, 0.5) is 0 Å². The Morgan fingerprint density at radius 1 is 1.06 bits per heavy atom. The zero-order valence-electron chi connectivity index (χ0n) is 9.15. The lowest BCUT2D eigenvalue weighted by molar-refractivity contribution is -0.116. The standard InChI is InChI=1S/C12H12O4/c1-8(13)7-11(14)9-3-5-10(6-4-9)12(15)16-2/h3-6H,7H2,1-2H3. The van der Waals surface area contributed by atoms with Crippen molar-refractivity contribution in [2.45, 2.75) is 13.3 Å². The third kappa shape index (κ3) is 3.02. The predicted molar refractivity (Wildman–Crippen MR) is 57.4 cm³/mol. The van der Waals surface area contributed by atoms with Crippen LogP contribution in [0.3, 0.4) is 0 Å². The van der Waals surface area contributed by atoms with Crippen LogP contribution in [0.25, 0.3) is 0 Å². The summed E-state index contributed by atoms with van der Waals surface area (Å²) >= 11 is 0. The summed E-state index contributed by atoms with van der Waals surface area (Å²) in [6.07, 6.45) is -0.114. The van der Waals surface area contributed by atoms with Gasteiger partial charge in [-0.15, -0.1) is 0 Å². The van der Waals surface area contributed by atoms with Crippen LogP contribution in [0.15, 0.2) is 24.3 Å². The molecule has 0 aromatic heterocycles. The summed E-state index contributed by atoms with van der Waals surface area (Å²) in [6.45, 7) is 1.36. The predicted octanol–water partition coefficient (Wildman–Crippen LogP) is 1.64. The molecule has 0 spiro atoms. The van der Waals surface area contributed by atoms with Crippen LogP contribution in [0.2, 0.25) is 0 Å². The molecule has 0 unspecified atom stereocenters. The van der Waals surface area contributed by atoms with Crippen LogP contribution < -0.4 is 0 Å². The lowest BCUT2D eigenvalue weighted by Crippen LogP contribution is -2.06. The smallest absolute Gasteiger partial charge is 0.337 e. The normalized spacial score (nSPS) is 9.62. The van der Waals surface area contributed by atoms with Crippen molar-refractivity contribution in [1.82, 2.24) is 0 Å². The third-order valence-electron chi connectivity index (χ3n) is 2.04. The summed E-state index contributed by atoms with van der Waals surface area (Å²) in [6, 6.07) is 6.02. The number of hydrogen-bond donors (Lipinski definition) is 0. The highest BCUT2D eigenvalue weighted by Gasteiger charge is 2.10. The average molecular weight is 220 g/mol. The van der Waals surface area contributed by atoms with Gasteiger partial charge in [0.2, 0.25) is 0 Å². The number of hydrogen-bond acceptors (Lipinski definition) is 4. The van der Waals surface area contributed by atoms with E-state index in [9.17, 15) is 14.4 Å². The van der Waals surface area contributed by atoms with Gasteiger partial charge in [0.25, 0.3) is 0 Å². The van der Waals surface area contributed by atoms with Crippen molar-refractivity contribution >= 4 is 17.5 Å². The van der Waals surface area contributed by atoms with Crippen molar-refractivity contribution in [3.05, 3.63) is 35.4 Å². The van der Waals surface area contributed by atoms with Crippen LogP contribution in [0.5, 0.6) is 0 Å². The first-order valence-electron chi connectivity index (χ1n) is 4.75. The van der Waals surface area contributed by atoms with Crippen molar-refractivity contribution in [2.24, 2.45) is 0 Å². The van der Waals surface area contributed by atoms with E-state index in [1.807, 2.05) is 0 Å². The van der Waals surface area contributed by atoms with Gasteiger partial charge in [0.1, 0.15) is 5.78 Å². The maximum Gasteiger partial charge on any atom is 0.337 e. The van der Waals surface area contributed by atoms with E-state index >= 15 is 0 Å². The Morgan fingerprint density at radius 2 is 1.56 bits per heavy atom. The average Bonchev–Trinajstić information content (AvgIpc) is 2.27. The summed E-state index contributed by atoms with van der Waals surface area (Å²) in [7, 11) is 1.29. The summed E-state index contributed by atoms with van der Waals surface area (Å²) in [4.78, 5) is 33.3. The molecule has 0 aliphatic rings. The summed E-state index contributed by atoms with van der Waals surface area (Å²) in [5.74, 6) is -0.878.